The van der Waals surface area contributed by atoms with Crippen LogP contribution in [0.15, 0.2) is 0 Å². The monoisotopic (exact) mass is 231 g/mol. The quantitative estimate of drug-likeness (QED) is 0.752. The van der Waals surface area contributed by atoms with Crippen molar-refractivity contribution in [3.8, 4) is 6.07 Å². The molecule has 2 unspecified atom stereocenters. The van der Waals surface area contributed by atoms with Crippen LogP contribution in [0.3, 0.4) is 0 Å². The van der Waals surface area contributed by atoms with Gasteiger partial charge in [0.05, 0.1) is 11.5 Å². The maximum absolute atomic E-state index is 11.6. The summed E-state index contributed by atoms with van der Waals surface area (Å²) >= 11 is 0. The fourth-order valence-corrected chi connectivity index (χ4v) is 2.62. The van der Waals surface area contributed by atoms with Crippen LogP contribution >= 0.6 is 0 Å². The van der Waals surface area contributed by atoms with Crippen molar-refractivity contribution < 1.29 is 14.1 Å². The predicted molar refractivity (Wildman–Crippen MR) is 58.7 cm³/mol. The fraction of sp³-hybridized carbons (Fsp3) is 0.800. The van der Waals surface area contributed by atoms with Gasteiger partial charge in [0, 0.05) is 16.6 Å². The highest BCUT2D eigenvalue weighted by molar-refractivity contribution is 7.86. The topological polar surface area (TPSA) is 78.2 Å². The Morgan fingerprint density at radius 1 is 1.60 bits per heavy atom. The van der Waals surface area contributed by atoms with E-state index in [1.165, 1.54) is 0 Å². The molecule has 0 amide bonds. The van der Waals surface area contributed by atoms with Crippen LogP contribution in [0.4, 0.5) is 0 Å². The largest absolute Gasteiger partial charge is 0.480 e. The second-order valence-corrected chi connectivity index (χ2v) is 5.80. The van der Waals surface area contributed by atoms with E-state index in [0.717, 1.165) is 0 Å². The Kier molecular flexibility index (Phi) is 5.51. The molecule has 0 fully saturated rings. The molecule has 0 saturated heterocycles. The molecule has 0 aromatic heterocycles. The maximum atomic E-state index is 11.6. The van der Waals surface area contributed by atoms with Gasteiger partial charge < -0.3 is 5.11 Å². The van der Waals surface area contributed by atoms with Gasteiger partial charge in [-0.3, -0.25) is 9.00 Å². The van der Waals surface area contributed by atoms with Crippen LogP contribution in [0.1, 0.15) is 33.6 Å². The van der Waals surface area contributed by atoms with E-state index in [1.54, 1.807) is 20.8 Å². The molecule has 0 spiro atoms. The minimum absolute atomic E-state index is 0.269. The summed E-state index contributed by atoms with van der Waals surface area (Å²) in [7, 11) is -1.39. The lowest BCUT2D eigenvalue weighted by Crippen LogP contribution is -2.28. The highest BCUT2D eigenvalue weighted by Crippen LogP contribution is 2.19. The van der Waals surface area contributed by atoms with Crippen molar-refractivity contribution in [3.63, 3.8) is 0 Å². The van der Waals surface area contributed by atoms with E-state index in [4.69, 9.17) is 10.4 Å². The third-order valence-corrected chi connectivity index (χ3v) is 3.97. The zero-order valence-corrected chi connectivity index (χ0v) is 10.1. The van der Waals surface area contributed by atoms with Gasteiger partial charge in [-0.25, -0.2) is 0 Å². The Bertz CT molecular complexity index is 294. The normalized spacial score (nSPS) is 15.3. The first kappa shape index (κ1) is 14.1. The Balaban J connectivity index is 4.27. The first-order chi connectivity index (χ1) is 6.84. The van der Waals surface area contributed by atoms with Gasteiger partial charge in [0.1, 0.15) is 5.25 Å². The lowest BCUT2D eigenvalue weighted by atomic mass is 9.93. The number of hydrogen-bond acceptors (Lipinski definition) is 3. The summed E-state index contributed by atoms with van der Waals surface area (Å²) in [6.07, 6.45) is 0.814. The van der Waals surface area contributed by atoms with Crippen LogP contribution in [-0.2, 0) is 15.6 Å². The molecular weight excluding hydrogens is 214 g/mol. The summed E-state index contributed by atoms with van der Waals surface area (Å²) in [6, 6.07) is 2.10. The molecule has 4 nitrogen and oxygen atoms in total. The highest BCUT2D eigenvalue weighted by Gasteiger charge is 2.25. The molecule has 0 aliphatic rings. The third-order valence-electron chi connectivity index (χ3n) is 2.19. The van der Waals surface area contributed by atoms with Crippen molar-refractivity contribution in [1.29, 1.82) is 5.26 Å². The van der Waals surface area contributed by atoms with Crippen LogP contribution in [0.5, 0.6) is 0 Å². The van der Waals surface area contributed by atoms with Crippen molar-refractivity contribution in [1.82, 2.24) is 0 Å². The van der Waals surface area contributed by atoms with Crippen molar-refractivity contribution in [2.75, 3.05) is 5.75 Å². The van der Waals surface area contributed by atoms with E-state index in [-0.39, 0.29) is 5.75 Å². The van der Waals surface area contributed by atoms with Crippen LogP contribution < -0.4 is 0 Å². The predicted octanol–water partition coefficient (Wildman–Crippen LogP) is 1.54. The summed E-state index contributed by atoms with van der Waals surface area (Å²) in [5, 5.41) is 16.7. The van der Waals surface area contributed by atoms with Crippen molar-refractivity contribution in [2.24, 2.45) is 5.41 Å². The second-order valence-electron chi connectivity index (χ2n) is 4.07. The molecule has 1 N–H and O–H groups in total. The average Bonchev–Trinajstić information content (AvgIpc) is 2.15. The van der Waals surface area contributed by atoms with E-state index in [9.17, 15) is 9.00 Å². The van der Waals surface area contributed by atoms with E-state index >= 15 is 0 Å². The lowest BCUT2D eigenvalue weighted by Gasteiger charge is -2.16. The summed E-state index contributed by atoms with van der Waals surface area (Å²) in [5.74, 6) is -0.753. The van der Waals surface area contributed by atoms with Crippen LogP contribution in [0, 0.1) is 16.7 Å². The maximum Gasteiger partial charge on any atom is 0.319 e. The molecule has 0 saturated carbocycles. The molecule has 0 aromatic carbocycles. The van der Waals surface area contributed by atoms with Crippen molar-refractivity contribution >= 4 is 16.8 Å². The number of nitriles is 1. The number of carboxylic acids is 1. The molecule has 86 valence electrons. The molecule has 0 aliphatic carbocycles. The molecule has 2 atom stereocenters. The van der Waals surface area contributed by atoms with Crippen molar-refractivity contribution in [3.05, 3.63) is 0 Å². The van der Waals surface area contributed by atoms with E-state index in [1.807, 2.05) is 0 Å². The lowest BCUT2D eigenvalue weighted by molar-refractivity contribution is -0.136. The number of hydrogen-bond donors (Lipinski definition) is 1. The summed E-state index contributed by atoms with van der Waals surface area (Å²) in [6.45, 7) is 5.21. The third kappa shape index (κ3) is 4.93. The minimum Gasteiger partial charge on any atom is -0.480 e. The molecule has 0 heterocycles. The Morgan fingerprint density at radius 2 is 2.13 bits per heavy atom. The molecular formula is C10H17NO3S. The Hall–Kier alpha value is -0.890. The first-order valence-electron chi connectivity index (χ1n) is 4.85. The minimum atomic E-state index is -1.39. The molecule has 0 radical (unpaired) electrons. The van der Waals surface area contributed by atoms with Gasteiger partial charge >= 0.3 is 5.97 Å². The molecule has 0 bridgehead atoms. The summed E-state index contributed by atoms with van der Waals surface area (Å²) in [4.78, 5) is 10.7. The SMILES string of the molecule is CCC(C(=O)O)S(=O)CCC(C)(C)C#N. The molecule has 0 rings (SSSR count). The molecule has 0 aromatic rings. The standard InChI is InChI=1S/C10H17NO3S/c1-4-8(9(12)13)15(14)6-5-10(2,3)7-11/h8H,4-6H2,1-3H3,(H,12,13). The summed E-state index contributed by atoms with van der Waals surface area (Å²) in [5.41, 5.74) is -0.535. The van der Waals surface area contributed by atoms with Gasteiger partial charge in [-0.15, -0.1) is 0 Å². The highest BCUT2D eigenvalue weighted by atomic mass is 32.2. The van der Waals surface area contributed by atoms with E-state index < -0.39 is 27.4 Å². The van der Waals surface area contributed by atoms with E-state index in [2.05, 4.69) is 6.07 Å². The average molecular weight is 231 g/mol. The van der Waals surface area contributed by atoms with Gasteiger partial charge in [-0.2, -0.15) is 5.26 Å². The number of carbonyl (C=O) groups is 1. The summed E-state index contributed by atoms with van der Waals surface area (Å²) < 4.78 is 11.6. The van der Waals surface area contributed by atoms with Gasteiger partial charge in [-0.1, -0.05) is 6.92 Å². The van der Waals surface area contributed by atoms with Crippen LogP contribution in [0.25, 0.3) is 0 Å². The van der Waals surface area contributed by atoms with Gasteiger partial charge in [0.15, 0.2) is 0 Å². The van der Waals surface area contributed by atoms with Gasteiger partial charge in [0.2, 0.25) is 0 Å². The zero-order chi connectivity index (χ0) is 12.1. The van der Waals surface area contributed by atoms with Gasteiger partial charge in [-0.05, 0) is 26.7 Å². The smallest absolute Gasteiger partial charge is 0.319 e. The zero-order valence-electron chi connectivity index (χ0n) is 9.32. The molecule has 0 aliphatic heterocycles. The van der Waals surface area contributed by atoms with E-state index in [0.29, 0.717) is 12.8 Å². The van der Waals surface area contributed by atoms with Crippen LogP contribution in [0.2, 0.25) is 0 Å². The van der Waals surface area contributed by atoms with Crippen LogP contribution in [-0.4, -0.2) is 26.3 Å². The number of carboxylic acid groups (broad SMARTS) is 1. The first-order valence-corrected chi connectivity index (χ1v) is 6.23. The molecule has 15 heavy (non-hydrogen) atoms. The number of nitrogens with zero attached hydrogens (tertiary/aromatic N) is 1. The fourth-order valence-electron chi connectivity index (χ4n) is 1.03. The Morgan fingerprint density at radius 3 is 2.47 bits per heavy atom. The second kappa shape index (κ2) is 5.86. The molecule has 5 heteroatoms. The number of aliphatic carboxylic acids is 1. The Labute approximate surface area is 92.7 Å². The van der Waals surface area contributed by atoms with Gasteiger partial charge in [0.25, 0.3) is 0 Å². The van der Waals surface area contributed by atoms with Crippen molar-refractivity contribution in [2.45, 2.75) is 38.9 Å². The number of rotatable bonds is 6.